The molecule has 0 bridgehead atoms. The van der Waals surface area contributed by atoms with Crippen molar-refractivity contribution in [3.05, 3.63) is 11.7 Å². The molecule has 0 atom stereocenters. The molecular formula is C12H21N3OS. The lowest BCUT2D eigenvalue weighted by atomic mass is 9.80. The van der Waals surface area contributed by atoms with Crippen molar-refractivity contribution in [2.24, 2.45) is 5.73 Å². The summed E-state index contributed by atoms with van der Waals surface area (Å²) < 4.78 is 5.45. The number of nitrogens with zero attached hydrogens (tertiary/aromatic N) is 2. The third-order valence-electron chi connectivity index (χ3n) is 3.65. The zero-order valence-corrected chi connectivity index (χ0v) is 11.3. The molecule has 1 saturated carbocycles. The van der Waals surface area contributed by atoms with Crippen molar-refractivity contribution in [1.82, 2.24) is 10.1 Å². The van der Waals surface area contributed by atoms with Crippen molar-refractivity contribution >= 4 is 11.8 Å². The Bertz CT molecular complexity index is 345. The first-order valence-corrected chi connectivity index (χ1v) is 7.72. The Hall–Kier alpha value is -0.550. The summed E-state index contributed by atoms with van der Waals surface area (Å²) >= 11 is 1.71. The lowest BCUT2D eigenvalue weighted by Gasteiger charge is -2.26. The summed E-state index contributed by atoms with van der Waals surface area (Å²) in [5, 5.41) is 4.04. The van der Waals surface area contributed by atoms with Gasteiger partial charge in [-0.2, -0.15) is 16.7 Å². The van der Waals surface area contributed by atoms with Gasteiger partial charge in [0.1, 0.15) is 0 Å². The Kier molecular flexibility index (Phi) is 4.45. The highest BCUT2D eigenvalue weighted by atomic mass is 32.2. The maximum atomic E-state index is 5.99. The zero-order chi connectivity index (χ0) is 12.1. The SMILES string of the molecule is CSCc1noc(C2(CN)CCCCCC2)n1. The molecule has 1 aliphatic carbocycles. The largest absolute Gasteiger partial charge is 0.339 e. The van der Waals surface area contributed by atoms with Gasteiger partial charge in [-0.05, 0) is 19.1 Å². The first-order valence-electron chi connectivity index (χ1n) is 6.33. The summed E-state index contributed by atoms with van der Waals surface area (Å²) in [4.78, 5) is 4.53. The van der Waals surface area contributed by atoms with E-state index in [1.54, 1.807) is 11.8 Å². The molecule has 4 nitrogen and oxygen atoms in total. The van der Waals surface area contributed by atoms with Crippen molar-refractivity contribution < 1.29 is 4.52 Å². The molecule has 2 N–H and O–H groups in total. The van der Waals surface area contributed by atoms with Gasteiger partial charge in [0.05, 0.1) is 11.2 Å². The summed E-state index contributed by atoms with van der Waals surface area (Å²) in [5.41, 5.74) is 5.93. The van der Waals surface area contributed by atoms with Gasteiger partial charge in [0.15, 0.2) is 5.82 Å². The fourth-order valence-electron chi connectivity index (χ4n) is 2.57. The molecule has 1 aromatic rings. The van der Waals surface area contributed by atoms with Gasteiger partial charge in [-0.3, -0.25) is 0 Å². The van der Waals surface area contributed by atoms with Crippen LogP contribution in [0.15, 0.2) is 4.52 Å². The molecule has 2 rings (SSSR count). The summed E-state index contributed by atoms with van der Waals surface area (Å²) in [7, 11) is 0. The van der Waals surface area contributed by atoms with Gasteiger partial charge in [-0.25, -0.2) is 0 Å². The summed E-state index contributed by atoms with van der Waals surface area (Å²) in [6, 6.07) is 0. The normalized spacial score (nSPS) is 20.1. The fraction of sp³-hybridized carbons (Fsp3) is 0.833. The highest BCUT2D eigenvalue weighted by Gasteiger charge is 2.36. The predicted molar refractivity (Wildman–Crippen MR) is 70.0 cm³/mol. The highest BCUT2D eigenvalue weighted by molar-refractivity contribution is 7.97. The second kappa shape index (κ2) is 5.87. The molecule has 1 fully saturated rings. The molecule has 0 radical (unpaired) electrons. The number of hydrogen-bond donors (Lipinski definition) is 1. The van der Waals surface area contributed by atoms with E-state index in [0.29, 0.717) is 6.54 Å². The van der Waals surface area contributed by atoms with Crippen LogP contribution in [-0.4, -0.2) is 22.9 Å². The van der Waals surface area contributed by atoms with Crippen LogP contribution >= 0.6 is 11.8 Å². The van der Waals surface area contributed by atoms with Gasteiger partial charge in [0, 0.05) is 6.54 Å². The van der Waals surface area contributed by atoms with E-state index in [2.05, 4.69) is 10.1 Å². The molecule has 0 saturated heterocycles. The zero-order valence-electron chi connectivity index (χ0n) is 10.4. The standard InChI is InChI=1S/C12H21N3OS/c1-17-8-10-14-11(16-15-10)12(9-13)6-4-2-3-5-7-12/h2-9,13H2,1H3. The first kappa shape index (κ1) is 12.9. The van der Waals surface area contributed by atoms with Crippen LogP contribution in [-0.2, 0) is 11.2 Å². The van der Waals surface area contributed by atoms with Crippen LogP contribution in [0, 0.1) is 0 Å². The Morgan fingerprint density at radius 1 is 1.29 bits per heavy atom. The smallest absolute Gasteiger partial charge is 0.234 e. The molecule has 1 aromatic heterocycles. The second-order valence-corrected chi connectivity index (χ2v) is 5.71. The Labute approximate surface area is 107 Å². The predicted octanol–water partition coefficient (Wildman–Crippen LogP) is 2.48. The number of hydrogen-bond acceptors (Lipinski definition) is 5. The maximum Gasteiger partial charge on any atom is 0.234 e. The van der Waals surface area contributed by atoms with E-state index in [0.717, 1.165) is 30.3 Å². The van der Waals surface area contributed by atoms with Crippen LogP contribution in [0.2, 0.25) is 0 Å². The van der Waals surface area contributed by atoms with Crippen molar-refractivity contribution in [2.45, 2.75) is 49.7 Å². The summed E-state index contributed by atoms with van der Waals surface area (Å²) in [5.74, 6) is 2.37. The molecule has 17 heavy (non-hydrogen) atoms. The molecule has 1 aliphatic rings. The minimum absolute atomic E-state index is 0.0554. The lowest BCUT2D eigenvalue weighted by molar-refractivity contribution is 0.256. The third kappa shape index (κ3) is 2.83. The van der Waals surface area contributed by atoms with Crippen LogP contribution in [0.25, 0.3) is 0 Å². The van der Waals surface area contributed by atoms with Crippen molar-refractivity contribution in [3.8, 4) is 0 Å². The topological polar surface area (TPSA) is 64.9 Å². The van der Waals surface area contributed by atoms with E-state index in [-0.39, 0.29) is 5.41 Å². The molecule has 5 heteroatoms. The minimum atomic E-state index is -0.0554. The van der Waals surface area contributed by atoms with E-state index in [9.17, 15) is 0 Å². The first-order chi connectivity index (χ1) is 8.30. The maximum absolute atomic E-state index is 5.99. The molecule has 0 unspecified atom stereocenters. The van der Waals surface area contributed by atoms with Gasteiger partial charge >= 0.3 is 0 Å². The fourth-order valence-corrected chi connectivity index (χ4v) is 2.94. The monoisotopic (exact) mass is 255 g/mol. The number of aromatic nitrogens is 2. The molecule has 0 aromatic carbocycles. The highest BCUT2D eigenvalue weighted by Crippen LogP contribution is 2.36. The van der Waals surface area contributed by atoms with Gasteiger partial charge < -0.3 is 10.3 Å². The van der Waals surface area contributed by atoms with Gasteiger partial charge in [0.25, 0.3) is 0 Å². The molecular weight excluding hydrogens is 234 g/mol. The van der Waals surface area contributed by atoms with Crippen LogP contribution < -0.4 is 5.73 Å². The van der Waals surface area contributed by atoms with Crippen molar-refractivity contribution in [1.29, 1.82) is 0 Å². The van der Waals surface area contributed by atoms with E-state index in [1.807, 2.05) is 6.26 Å². The quantitative estimate of drug-likeness (QED) is 0.837. The average molecular weight is 255 g/mol. The van der Waals surface area contributed by atoms with E-state index in [4.69, 9.17) is 10.3 Å². The average Bonchev–Trinajstić information content (AvgIpc) is 2.68. The van der Waals surface area contributed by atoms with Crippen LogP contribution in [0.5, 0.6) is 0 Å². The minimum Gasteiger partial charge on any atom is -0.339 e. The Morgan fingerprint density at radius 2 is 2.00 bits per heavy atom. The number of thioether (sulfide) groups is 1. The van der Waals surface area contributed by atoms with E-state index >= 15 is 0 Å². The third-order valence-corrected chi connectivity index (χ3v) is 4.19. The Balaban J connectivity index is 2.19. The molecule has 0 aliphatic heterocycles. The second-order valence-electron chi connectivity index (χ2n) is 4.85. The number of rotatable bonds is 4. The van der Waals surface area contributed by atoms with Crippen LogP contribution in [0.1, 0.15) is 50.2 Å². The van der Waals surface area contributed by atoms with E-state index < -0.39 is 0 Å². The van der Waals surface area contributed by atoms with Crippen molar-refractivity contribution in [2.75, 3.05) is 12.8 Å². The van der Waals surface area contributed by atoms with Crippen LogP contribution in [0.3, 0.4) is 0 Å². The van der Waals surface area contributed by atoms with E-state index in [1.165, 1.54) is 25.7 Å². The lowest BCUT2D eigenvalue weighted by Crippen LogP contribution is -2.35. The van der Waals surface area contributed by atoms with Gasteiger partial charge in [-0.1, -0.05) is 30.8 Å². The van der Waals surface area contributed by atoms with Gasteiger partial charge in [-0.15, -0.1) is 0 Å². The number of nitrogens with two attached hydrogens (primary N) is 1. The van der Waals surface area contributed by atoms with Crippen LogP contribution in [0.4, 0.5) is 0 Å². The Morgan fingerprint density at radius 3 is 2.59 bits per heavy atom. The molecule has 96 valence electrons. The summed E-state index contributed by atoms with van der Waals surface area (Å²) in [6.07, 6.45) is 9.26. The molecule has 1 heterocycles. The molecule has 0 spiro atoms. The summed E-state index contributed by atoms with van der Waals surface area (Å²) in [6.45, 7) is 0.619. The van der Waals surface area contributed by atoms with Gasteiger partial charge in [0.2, 0.25) is 5.89 Å². The van der Waals surface area contributed by atoms with Crippen molar-refractivity contribution in [3.63, 3.8) is 0 Å². The molecule has 0 amide bonds.